The number of primary amides is 1. The van der Waals surface area contributed by atoms with Crippen molar-refractivity contribution in [2.75, 3.05) is 19.6 Å². The van der Waals surface area contributed by atoms with Crippen molar-refractivity contribution >= 4 is 29.2 Å². The van der Waals surface area contributed by atoms with E-state index in [9.17, 15) is 4.79 Å². The average molecular weight is 274 g/mol. The number of halogens is 2. The van der Waals surface area contributed by atoms with Crippen LogP contribution in [0.2, 0.25) is 10.0 Å². The first-order chi connectivity index (χ1) is 8.08. The van der Waals surface area contributed by atoms with Gasteiger partial charge in [-0.2, -0.15) is 0 Å². The molecule has 6 heteroatoms. The van der Waals surface area contributed by atoms with E-state index in [4.69, 9.17) is 28.9 Å². The van der Waals surface area contributed by atoms with Crippen LogP contribution in [0.5, 0.6) is 0 Å². The highest BCUT2D eigenvalue weighted by Gasteiger charge is 2.26. The van der Waals surface area contributed by atoms with E-state index in [-0.39, 0.29) is 6.04 Å². The molecule has 1 fully saturated rings. The van der Waals surface area contributed by atoms with Crippen molar-refractivity contribution in [2.45, 2.75) is 6.04 Å². The number of hydrogen-bond acceptors (Lipinski definition) is 2. The van der Waals surface area contributed by atoms with Gasteiger partial charge in [0.05, 0.1) is 6.04 Å². The summed E-state index contributed by atoms with van der Waals surface area (Å²) < 4.78 is 0. The van der Waals surface area contributed by atoms with Gasteiger partial charge in [0.2, 0.25) is 0 Å². The van der Waals surface area contributed by atoms with E-state index in [0.717, 1.165) is 12.1 Å². The molecule has 2 amide bonds. The van der Waals surface area contributed by atoms with Gasteiger partial charge in [0.1, 0.15) is 0 Å². The molecule has 0 saturated carbocycles. The quantitative estimate of drug-likeness (QED) is 0.823. The molecule has 0 radical (unpaired) electrons. The number of carbonyl (C=O) groups is 1. The molecule has 1 saturated heterocycles. The lowest BCUT2D eigenvalue weighted by atomic mass is 10.0. The van der Waals surface area contributed by atoms with Crippen molar-refractivity contribution in [1.29, 1.82) is 0 Å². The van der Waals surface area contributed by atoms with Gasteiger partial charge in [-0.3, -0.25) is 0 Å². The summed E-state index contributed by atoms with van der Waals surface area (Å²) in [6, 6.07) is 4.74. The Labute approximate surface area is 110 Å². The summed E-state index contributed by atoms with van der Waals surface area (Å²) in [4.78, 5) is 13.0. The molecule has 0 aromatic heterocycles. The molecule has 92 valence electrons. The lowest BCUT2D eigenvalue weighted by molar-refractivity contribution is 0.167. The van der Waals surface area contributed by atoms with Gasteiger partial charge in [-0.05, 0) is 23.8 Å². The van der Waals surface area contributed by atoms with Gasteiger partial charge in [-0.1, -0.05) is 23.2 Å². The first-order valence-electron chi connectivity index (χ1n) is 5.30. The van der Waals surface area contributed by atoms with Gasteiger partial charge < -0.3 is 16.0 Å². The van der Waals surface area contributed by atoms with Crippen LogP contribution in [0.15, 0.2) is 18.2 Å². The monoisotopic (exact) mass is 273 g/mol. The summed E-state index contributed by atoms with van der Waals surface area (Å²) in [5, 5.41) is 4.34. The lowest BCUT2D eigenvalue weighted by Crippen LogP contribution is -2.50. The molecule has 0 bridgehead atoms. The highest BCUT2D eigenvalue weighted by Crippen LogP contribution is 2.27. The Morgan fingerprint density at radius 3 is 2.59 bits per heavy atom. The number of hydrogen-bond donors (Lipinski definition) is 2. The molecule has 1 aliphatic heterocycles. The Morgan fingerprint density at radius 2 is 2.00 bits per heavy atom. The molecule has 2 rings (SSSR count). The van der Waals surface area contributed by atoms with Gasteiger partial charge in [-0.25, -0.2) is 4.79 Å². The molecular formula is C11H13Cl2N3O. The molecule has 1 heterocycles. The van der Waals surface area contributed by atoms with Crippen LogP contribution >= 0.6 is 23.2 Å². The van der Waals surface area contributed by atoms with Gasteiger partial charge in [0.25, 0.3) is 0 Å². The van der Waals surface area contributed by atoms with E-state index >= 15 is 0 Å². The predicted molar refractivity (Wildman–Crippen MR) is 68.4 cm³/mol. The Morgan fingerprint density at radius 1 is 1.35 bits per heavy atom. The van der Waals surface area contributed by atoms with Crippen molar-refractivity contribution < 1.29 is 4.79 Å². The number of urea groups is 1. The maximum absolute atomic E-state index is 11.4. The van der Waals surface area contributed by atoms with Crippen molar-refractivity contribution in [2.24, 2.45) is 5.73 Å². The molecule has 4 nitrogen and oxygen atoms in total. The summed E-state index contributed by atoms with van der Waals surface area (Å²) in [6.45, 7) is 1.98. The van der Waals surface area contributed by atoms with Crippen molar-refractivity contribution in [3.05, 3.63) is 33.8 Å². The fraction of sp³-hybridized carbons (Fsp3) is 0.364. The minimum atomic E-state index is -0.424. The summed E-state index contributed by atoms with van der Waals surface area (Å²) in [5.41, 5.74) is 6.26. The van der Waals surface area contributed by atoms with Gasteiger partial charge in [-0.15, -0.1) is 0 Å². The molecule has 1 aliphatic rings. The maximum Gasteiger partial charge on any atom is 0.315 e. The summed E-state index contributed by atoms with van der Waals surface area (Å²) in [6.07, 6.45) is 0. The Hall–Kier alpha value is -0.970. The number of benzene rings is 1. The first kappa shape index (κ1) is 12.5. The molecular weight excluding hydrogens is 261 g/mol. The fourth-order valence-electron chi connectivity index (χ4n) is 2.03. The largest absolute Gasteiger partial charge is 0.351 e. The lowest BCUT2D eigenvalue weighted by Gasteiger charge is -2.35. The molecule has 17 heavy (non-hydrogen) atoms. The summed E-state index contributed by atoms with van der Waals surface area (Å²) >= 11 is 11.9. The normalized spacial score (nSPS) is 20.4. The number of piperazine rings is 1. The zero-order valence-electron chi connectivity index (χ0n) is 9.12. The Bertz CT molecular complexity index is 418. The summed E-state index contributed by atoms with van der Waals surface area (Å²) in [7, 11) is 0. The number of nitrogens with zero attached hydrogens (tertiary/aromatic N) is 1. The summed E-state index contributed by atoms with van der Waals surface area (Å²) in [5.74, 6) is 0. The van der Waals surface area contributed by atoms with Crippen LogP contribution in [-0.2, 0) is 0 Å². The molecule has 1 atom stereocenters. The minimum Gasteiger partial charge on any atom is -0.351 e. The maximum atomic E-state index is 11.4. The second kappa shape index (κ2) is 5.12. The van der Waals surface area contributed by atoms with Crippen molar-refractivity contribution in [1.82, 2.24) is 10.2 Å². The van der Waals surface area contributed by atoms with Crippen LogP contribution < -0.4 is 11.1 Å². The molecule has 0 spiro atoms. The van der Waals surface area contributed by atoms with Crippen molar-refractivity contribution in [3.8, 4) is 0 Å². The second-order valence-electron chi connectivity index (χ2n) is 3.95. The Balaban J connectivity index is 2.32. The average Bonchev–Trinajstić information content (AvgIpc) is 2.27. The predicted octanol–water partition coefficient (Wildman–Crippen LogP) is 2.02. The number of nitrogens with one attached hydrogen (secondary N) is 1. The molecule has 1 aromatic carbocycles. The second-order valence-corrected chi connectivity index (χ2v) is 4.83. The SMILES string of the molecule is NC(=O)N1CCNCC1c1cc(Cl)cc(Cl)c1. The van der Waals surface area contributed by atoms with E-state index < -0.39 is 6.03 Å². The number of carbonyl (C=O) groups excluding carboxylic acids is 1. The van der Waals surface area contributed by atoms with Crippen LogP contribution in [-0.4, -0.2) is 30.6 Å². The highest BCUT2D eigenvalue weighted by molar-refractivity contribution is 6.34. The minimum absolute atomic E-state index is 0.113. The Kier molecular flexibility index (Phi) is 3.76. The standard InChI is InChI=1S/C11H13Cl2N3O/c12-8-3-7(4-9(13)5-8)10-6-15-1-2-16(10)11(14)17/h3-5,10,15H,1-2,6H2,(H2,14,17). The molecule has 3 N–H and O–H groups in total. The molecule has 1 aromatic rings. The van der Waals surface area contributed by atoms with E-state index in [2.05, 4.69) is 5.32 Å². The third-order valence-electron chi connectivity index (χ3n) is 2.80. The van der Waals surface area contributed by atoms with Crippen LogP contribution in [0.3, 0.4) is 0 Å². The molecule has 1 unspecified atom stereocenters. The first-order valence-corrected chi connectivity index (χ1v) is 6.06. The highest BCUT2D eigenvalue weighted by atomic mass is 35.5. The van der Waals surface area contributed by atoms with Gasteiger partial charge >= 0.3 is 6.03 Å². The fourth-order valence-corrected chi connectivity index (χ4v) is 2.58. The van der Waals surface area contributed by atoms with Crippen LogP contribution in [0.25, 0.3) is 0 Å². The number of amides is 2. The molecule has 0 aliphatic carbocycles. The zero-order valence-corrected chi connectivity index (χ0v) is 10.6. The number of rotatable bonds is 1. The third-order valence-corrected chi connectivity index (χ3v) is 3.23. The van der Waals surface area contributed by atoms with Crippen LogP contribution in [0.4, 0.5) is 4.79 Å². The smallest absolute Gasteiger partial charge is 0.315 e. The topological polar surface area (TPSA) is 58.4 Å². The van der Waals surface area contributed by atoms with Gasteiger partial charge in [0.15, 0.2) is 0 Å². The number of nitrogens with two attached hydrogens (primary N) is 1. The third kappa shape index (κ3) is 2.83. The zero-order chi connectivity index (χ0) is 12.4. The van der Waals surface area contributed by atoms with E-state index in [1.165, 1.54) is 0 Å². The van der Waals surface area contributed by atoms with E-state index in [1.807, 2.05) is 0 Å². The van der Waals surface area contributed by atoms with Gasteiger partial charge in [0, 0.05) is 29.7 Å². The van der Waals surface area contributed by atoms with Crippen LogP contribution in [0, 0.1) is 0 Å². The van der Waals surface area contributed by atoms with E-state index in [1.54, 1.807) is 23.1 Å². The van der Waals surface area contributed by atoms with Crippen molar-refractivity contribution in [3.63, 3.8) is 0 Å². The van der Waals surface area contributed by atoms with E-state index in [0.29, 0.717) is 23.1 Å². The van der Waals surface area contributed by atoms with Crippen LogP contribution in [0.1, 0.15) is 11.6 Å².